The minimum Gasteiger partial charge on any atom is -0.220 e. The topological polar surface area (TPSA) is 30.2 Å². The summed E-state index contributed by atoms with van der Waals surface area (Å²) in [5, 5.41) is 5.70. The number of rotatable bonds is 2. The van der Waals surface area contributed by atoms with Crippen molar-refractivity contribution in [3.8, 4) is 22.3 Å². The number of hydrogen-bond acceptors (Lipinski definition) is 2. The third-order valence-electron chi connectivity index (χ3n) is 3.71. The van der Waals surface area contributed by atoms with Crippen molar-refractivity contribution in [1.29, 1.82) is 0 Å². The Morgan fingerprint density at radius 1 is 0.739 bits per heavy atom. The molecule has 0 aliphatic carbocycles. The van der Waals surface area contributed by atoms with Gasteiger partial charge in [-0.15, -0.1) is 0 Å². The van der Waals surface area contributed by atoms with Crippen molar-refractivity contribution in [2.45, 2.75) is 0 Å². The van der Waals surface area contributed by atoms with Crippen LogP contribution in [0.4, 0.5) is 0 Å². The first kappa shape index (κ1) is 14.2. The standard InChI is InChI=1S/C18H11Cl2N3/c19-15-5-1-12(2-6-15)14-9-17(13-3-7-16(20)8-4-13)18-21-11-22-23(18)10-14/h1-11H. The largest absolute Gasteiger partial charge is 0.220 e. The highest BCUT2D eigenvalue weighted by atomic mass is 35.5. The first-order chi connectivity index (χ1) is 11.2. The van der Waals surface area contributed by atoms with Crippen molar-refractivity contribution in [3.05, 3.63) is 77.2 Å². The van der Waals surface area contributed by atoms with Crippen LogP contribution < -0.4 is 0 Å². The molecule has 2 aromatic heterocycles. The summed E-state index contributed by atoms with van der Waals surface area (Å²) in [6, 6.07) is 17.6. The highest BCUT2D eigenvalue weighted by molar-refractivity contribution is 6.30. The number of hydrogen-bond donors (Lipinski definition) is 0. The predicted molar refractivity (Wildman–Crippen MR) is 93.9 cm³/mol. The Bertz CT molecular complexity index is 974. The van der Waals surface area contributed by atoms with Gasteiger partial charge in [0.2, 0.25) is 0 Å². The van der Waals surface area contributed by atoms with E-state index >= 15 is 0 Å². The Labute approximate surface area is 143 Å². The molecular formula is C18H11Cl2N3. The van der Waals surface area contributed by atoms with E-state index in [4.69, 9.17) is 23.2 Å². The molecule has 0 spiro atoms. The van der Waals surface area contributed by atoms with Crippen molar-refractivity contribution < 1.29 is 0 Å². The summed E-state index contributed by atoms with van der Waals surface area (Å²) in [5.74, 6) is 0. The molecule has 0 fully saturated rings. The number of nitrogens with zero attached hydrogens (tertiary/aromatic N) is 3. The summed E-state index contributed by atoms with van der Waals surface area (Å²) >= 11 is 12.0. The summed E-state index contributed by atoms with van der Waals surface area (Å²) in [7, 11) is 0. The third kappa shape index (κ3) is 2.69. The molecule has 0 aliphatic heterocycles. The molecule has 0 saturated carbocycles. The van der Waals surface area contributed by atoms with Gasteiger partial charge in [-0.25, -0.2) is 9.50 Å². The first-order valence-corrected chi connectivity index (χ1v) is 7.81. The van der Waals surface area contributed by atoms with Crippen LogP contribution in [0.5, 0.6) is 0 Å². The predicted octanol–water partition coefficient (Wildman–Crippen LogP) is 5.37. The van der Waals surface area contributed by atoms with Gasteiger partial charge in [0.25, 0.3) is 0 Å². The summed E-state index contributed by atoms with van der Waals surface area (Å²) in [6.07, 6.45) is 3.52. The van der Waals surface area contributed by atoms with E-state index in [-0.39, 0.29) is 0 Å². The van der Waals surface area contributed by atoms with Gasteiger partial charge < -0.3 is 0 Å². The van der Waals surface area contributed by atoms with Gasteiger partial charge in [0.05, 0.1) is 0 Å². The van der Waals surface area contributed by atoms with Crippen LogP contribution in [-0.2, 0) is 0 Å². The molecule has 0 bridgehead atoms. The molecule has 3 nitrogen and oxygen atoms in total. The minimum absolute atomic E-state index is 0.708. The Hall–Kier alpha value is -2.36. The molecule has 0 amide bonds. The fourth-order valence-electron chi connectivity index (χ4n) is 2.57. The van der Waals surface area contributed by atoms with Gasteiger partial charge in [0.1, 0.15) is 6.33 Å². The van der Waals surface area contributed by atoms with Crippen LogP contribution >= 0.6 is 23.2 Å². The number of fused-ring (bicyclic) bond motifs is 1. The van der Waals surface area contributed by atoms with Crippen LogP contribution in [-0.4, -0.2) is 14.6 Å². The third-order valence-corrected chi connectivity index (χ3v) is 4.21. The lowest BCUT2D eigenvalue weighted by atomic mass is 10.0. The fraction of sp³-hybridized carbons (Fsp3) is 0. The monoisotopic (exact) mass is 339 g/mol. The van der Waals surface area contributed by atoms with Gasteiger partial charge in [-0.05, 0) is 41.5 Å². The summed E-state index contributed by atoms with van der Waals surface area (Å²) in [4.78, 5) is 4.36. The quantitative estimate of drug-likeness (QED) is 0.491. The van der Waals surface area contributed by atoms with Gasteiger partial charge >= 0.3 is 0 Å². The second-order valence-corrected chi connectivity index (χ2v) is 6.06. The number of pyridine rings is 1. The molecule has 4 rings (SSSR count). The van der Waals surface area contributed by atoms with Crippen LogP contribution in [0.1, 0.15) is 0 Å². The Balaban J connectivity index is 1.94. The molecule has 2 heterocycles. The van der Waals surface area contributed by atoms with E-state index < -0.39 is 0 Å². The zero-order chi connectivity index (χ0) is 15.8. The van der Waals surface area contributed by atoms with Crippen LogP contribution in [0.3, 0.4) is 0 Å². The summed E-state index contributed by atoms with van der Waals surface area (Å²) < 4.78 is 1.79. The Kier molecular flexibility index (Phi) is 3.52. The van der Waals surface area contributed by atoms with E-state index in [0.29, 0.717) is 10.0 Å². The van der Waals surface area contributed by atoms with Gasteiger partial charge in [0, 0.05) is 27.4 Å². The molecule has 0 unspecified atom stereocenters. The molecule has 0 aliphatic rings. The van der Waals surface area contributed by atoms with E-state index in [0.717, 1.165) is 27.9 Å². The first-order valence-electron chi connectivity index (χ1n) is 7.06. The van der Waals surface area contributed by atoms with E-state index in [9.17, 15) is 0 Å². The van der Waals surface area contributed by atoms with Gasteiger partial charge in [-0.1, -0.05) is 47.5 Å². The molecule has 0 radical (unpaired) electrons. The molecule has 112 valence electrons. The van der Waals surface area contributed by atoms with Crippen LogP contribution in [0.2, 0.25) is 10.0 Å². The molecule has 2 aromatic carbocycles. The Morgan fingerprint density at radius 3 is 2.00 bits per heavy atom. The van der Waals surface area contributed by atoms with Gasteiger partial charge in [-0.2, -0.15) is 5.10 Å². The molecule has 23 heavy (non-hydrogen) atoms. The smallest absolute Gasteiger partial charge is 0.163 e. The number of benzene rings is 2. The highest BCUT2D eigenvalue weighted by Crippen LogP contribution is 2.30. The maximum absolute atomic E-state index is 5.99. The number of aromatic nitrogens is 3. The fourth-order valence-corrected chi connectivity index (χ4v) is 2.82. The Morgan fingerprint density at radius 2 is 1.35 bits per heavy atom. The summed E-state index contributed by atoms with van der Waals surface area (Å²) in [5.41, 5.74) is 4.98. The van der Waals surface area contributed by atoms with Crippen molar-refractivity contribution in [3.63, 3.8) is 0 Å². The molecule has 4 aromatic rings. The average molecular weight is 340 g/mol. The number of halogens is 2. The van der Waals surface area contributed by atoms with Crippen molar-refractivity contribution in [2.75, 3.05) is 0 Å². The molecule has 0 atom stereocenters. The second kappa shape index (κ2) is 5.69. The SMILES string of the molecule is Clc1ccc(-c2cc(-c3ccc(Cl)cc3)c3ncnn3c2)cc1. The zero-order valence-corrected chi connectivity index (χ0v) is 13.5. The molecule has 0 saturated heterocycles. The van der Waals surface area contributed by atoms with Crippen LogP contribution in [0, 0.1) is 0 Å². The van der Waals surface area contributed by atoms with Crippen LogP contribution in [0.25, 0.3) is 27.9 Å². The maximum atomic E-state index is 5.99. The molecular weight excluding hydrogens is 329 g/mol. The maximum Gasteiger partial charge on any atom is 0.163 e. The summed E-state index contributed by atoms with van der Waals surface area (Å²) in [6.45, 7) is 0. The van der Waals surface area contributed by atoms with E-state index in [2.05, 4.69) is 16.1 Å². The van der Waals surface area contributed by atoms with Gasteiger partial charge in [-0.3, -0.25) is 0 Å². The lowest BCUT2D eigenvalue weighted by Gasteiger charge is -2.08. The van der Waals surface area contributed by atoms with Crippen molar-refractivity contribution >= 4 is 28.8 Å². The van der Waals surface area contributed by atoms with Gasteiger partial charge in [0.15, 0.2) is 5.65 Å². The lowest BCUT2D eigenvalue weighted by Crippen LogP contribution is -1.93. The zero-order valence-electron chi connectivity index (χ0n) is 11.9. The lowest BCUT2D eigenvalue weighted by molar-refractivity contribution is 0.963. The normalized spacial score (nSPS) is 11.0. The van der Waals surface area contributed by atoms with E-state index in [1.165, 1.54) is 0 Å². The highest BCUT2D eigenvalue weighted by Gasteiger charge is 2.10. The second-order valence-electron chi connectivity index (χ2n) is 5.18. The van der Waals surface area contributed by atoms with Crippen LogP contribution in [0.15, 0.2) is 67.1 Å². The van der Waals surface area contributed by atoms with E-state index in [1.54, 1.807) is 10.8 Å². The van der Waals surface area contributed by atoms with Crippen molar-refractivity contribution in [1.82, 2.24) is 14.6 Å². The molecule has 0 N–H and O–H groups in total. The van der Waals surface area contributed by atoms with E-state index in [1.807, 2.05) is 54.7 Å². The average Bonchev–Trinajstić information content (AvgIpc) is 3.04. The minimum atomic E-state index is 0.708. The molecule has 5 heteroatoms. The van der Waals surface area contributed by atoms with Crippen molar-refractivity contribution in [2.24, 2.45) is 0 Å².